The van der Waals surface area contributed by atoms with Crippen LogP contribution < -0.4 is 10.2 Å². The zero-order valence-corrected chi connectivity index (χ0v) is 13.2. The Bertz CT molecular complexity index is 467. The first kappa shape index (κ1) is 15.3. The van der Waals surface area contributed by atoms with Gasteiger partial charge in [-0.15, -0.1) is 0 Å². The van der Waals surface area contributed by atoms with Gasteiger partial charge in [-0.25, -0.2) is 0 Å². The van der Waals surface area contributed by atoms with Crippen molar-refractivity contribution in [1.82, 2.24) is 0 Å². The SMILES string of the molecule is C[C@H]1C[C@H](C)C[NH+]([C@@H](C)C(=O)Nc2ccccc2Cl)C1. The van der Waals surface area contributed by atoms with Gasteiger partial charge in [-0.1, -0.05) is 37.6 Å². The predicted molar refractivity (Wildman–Crippen MR) is 83.2 cm³/mol. The number of hydrogen-bond donors (Lipinski definition) is 2. The molecule has 0 bridgehead atoms. The topological polar surface area (TPSA) is 33.5 Å². The average Bonchev–Trinajstić information content (AvgIpc) is 2.39. The summed E-state index contributed by atoms with van der Waals surface area (Å²) in [6, 6.07) is 7.32. The zero-order chi connectivity index (χ0) is 14.7. The first-order valence-electron chi connectivity index (χ1n) is 7.37. The molecule has 2 rings (SSSR count). The molecule has 1 aromatic carbocycles. The third kappa shape index (κ3) is 3.74. The number of rotatable bonds is 3. The predicted octanol–water partition coefficient (Wildman–Crippen LogP) is 2.23. The molecule has 2 N–H and O–H groups in total. The van der Waals surface area contributed by atoms with E-state index < -0.39 is 0 Å². The van der Waals surface area contributed by atoms with E-state index in [1.165, 1.54) is 11.3 Å². The number of carbonyl (C=O) groups is 1. The maximum atomic E-state index is 12.4. The summed E-state index contributed by atoms with van der Waals surface area (Å²) in [5.74, 6) is 1.42. The second-order valence-electron chi connectivity index (χ2n) is 6.20. The van der Waals surface area contributed by atoms with Crippen LogP contribution in [0.5, 0.6) is 0 Å². The molecule has 4 heteroatoms. The number of carbonyl (C=O) groups excluding carboxylic acids is 1. The standard InChI is InChI=1S/C16H23ClN2O/c1-11-8-12(2)10-19(9-11)13(3)16(20)18-15-7-5-4-6-14(15)17/h4-7,11-13H,8-10H2,1-3H3,(H,18,20)/p+1/t11-,12-,13-/m0/s1. The van der Waals surface area contributed by atoms with Gasteiger partial charge in [0.05, 0.1) is 23.8 Å². The summed E-state index contributed by atoms with van der Waals surface area (Å²) in [6.07, 6.45) is 1.27. The lowest BCUT2D eigenvalue weighted by Crippen LogP contribution is -3.18. The van der Waals surface area contributed by atoms with Crippen LogP contribution in [0.3, 0.4) is 0 Å². The van der Waals surface area contributed by atoms with E-state index >= 15 is 0 Å². The number of amides is 1. The van der Waals surface area contributed by atoms with E-state index in [1.54, 1.807) is 6.07 Å². The van der Waals surface area contributed by atoms with Crippen LogP contribution in [-0.2, 0) is 4.79 Å². The summed E-state index contributed by atoms with van der Waals surface area (Å²) >= 11 is 6.08. The molecular weight excluding hydrogens is 272 g/mol. The van der Waals surface area contributed by atoms with Gasteiger partial charge in [0.2, 0.25) is 0 Å². The monoisotopic (exact) mass is 295 g/mol. The first-order chi connectivity index (χ1) is 9.47. The largest absolute Gasteiger partial charge is 0.324 e. The number of para-hydroxylation sites is 1. The third-order valence-electron chi connectivity index (χ3n) is 4.16. The van der Waals surface area contributed by atoms with Gasteiger partial charge in [-0.05, 0) is 25.5 Å². The zero-order valence-electron chi connectivity index (χ0n) is 12.4. The summed E-state index contributed by atoms with van der Waals surface area (Å²) in [4.78, 5) is 13.8. The maximum absolute atomic E-state index is 12.4. The van der Waals surface area contributed by atoms with Crippen LogP contribution in [0.15, 0.2) is 24.3 Å². The van der Waals surface area contributed by atoms with Crippen molar-refractivity contribution in [1.29, 1.82) is 0 Å². The highest BCUT2D eigenvalue weighted by atomic mass is 35.5. The Balaban J connectivity index is 2.00. The molecule has 0 unspecified atom stereocenters. The molecule has 1 aliphatic heterocycles. The minimum atomic E-state index is -0.0449. The van der Waals surface area contributed by atoms with Crippen LogP contribution in [-0.4, -0.2) is 25.0 Å². The van der Waals surface area contributed by atoms with E-state index in [9.17, 15) is 4.79 Å². The number of piperidine rings is 1. The highest BCUT2D eigenvalue weighted by Gasteiger charge is 2.32. The van der Waals surface area contributed by atoms with Gasteiger partial charge in [0, 0.05) is 11.8 Å². The van der Waals surface area contributed by atoms with Gasteiger partial charge in [0.25, 0.3) is 5.91 Å². The first-order valence-corrected chi connectivity index (χ1v) is 7.75. The molecule has 1 amide bonds. The lowest BCUT2D eigenvalue weighted by atomic mass is 9.91. The molecule has 110 valence electrons. The van der Waals surface area contributed by atoms with Gasteiger partial charge in [0.15, 0.2) is 6.04 Å². The molecule has 0 aliphatic carbocycles. The molecule has 3 nitrogen and oxygen atoms in total. The van der Waals surface area contributed by atoms with Crippen LogP contribution in [0.4, 0.5) is 5.69 Å². The Hall–Kier alpha value is -1.06. The van der Waals surface area contributed by atoms with Crippen molar-refractivity contribution in [3.8, 4) is 0 Å². The van der Waals surface area contributed by atoms with Crippen molar-refractivity contribution in [3.05, 3.63) is 29.3 Å². The Morgan fingerprint density at radius 1 is 1.30 bits per heavy atom. The Labute approximate surface area is 126 Å². The average molecular weight is 296 g/mol. The fraction of sp³-hybridized carbons (Fsp3) is 0.562. The van der Waals surface area contributed by atoms with E-state index in [1.807, 2.05) is 25.1 Å². The minimum Gasteiger partial charge on any atom is -0.324 e. The van der Waals surface area contributed by atoms with Crippen LogP contribution in [0.2, 0.25) is 5.02 Å². The quantitative estimate of drug-likeness (QED) is 0.881. The molecule has 1 aliphatic rings. The molecule has 20 heavy (non-hydrogen) atoms. The fourth-order valence-electron chi connectivity index (χ4n) is 3.17. The van der Waals surface area contributed by atoms with Gasteiger partial charge in [0.1, 0.15) is 0 Å². The molecule has 3 atom stereocenters. The van der Waals surface area contributed by atoms with Crippen LogP contribution in [0, 0.1) is 11.8 Å². The minimum absolute atomic E-state index is 0.0449. The van der Waals surface area contributed by atoms with Crippen molar-refractivity contribution in [2.75, 3.05) is 18.4 Å². The Morgan fingerprint density at radius 3 is 2.50 bits per heavy atom. The molecule has 1 fully saturated rings. The summed E-state index contributed by atoms with van der Waals surface area (Å²) in [6.45, 7) is 8.69. The van der Waals surface area contributed by atoms with E-state index in [0.717, 1.165) is 13.1 Å². The van der Waals surface area contributed by atoms with Crippen molar-refractivity contribution >= 4 is 23.2 Å². The summed E-state index contributed by atoms with van der Waals surface area (Å²) in [7, 11) is 0. The van der Waals surface area contributed by atoms with Gasteiger partial charge in [-0.3, -0.25) is 4.79 Å². The highest BCUT2D eigenvalue weighted by Crippen LogP contribution is 2.20. The summed E-state index contributed by atoms with van der Waals surface area (Å²) in [5, 5.41) is 3.53. The van der Waals surface area contributed by atoms with Crippen LogP contribution in [0.1, 0.15) is 27.2 Å². The number of anilines is 1. The van der Waals surface area contributed by atoms with Crippen LogP contribution in [0.25, 0.3) is 0 Å². The fourth-order valence-corrected chi connectivity index (χ4v) is 3.36. The number of hydrogen-bond acceptors (Lipinski definition) is 1. The number of halogens is 1. The second kappa shape index (κ2) is 6.59. The number of benzene rings is 1. The van der Waals surface area contributed by atoms with Gasteiger partial charge < -0.3 is 10.2 Å². The summed E-state index contributed by atoms with van der Waals surface area (Å²) < 4.78 is 0. The normalized spacial score (nSPS) is 27.9. The maximum Gasteiger partial charge on any atom is 0.282 e. The smallest absolute Gasteiger partial charge is 0.282 e. The molecule has 0 radical (unpaired) electrons. The summed E-state index contributed by atoms with van der Waals surface area (Å²) in [5.41, 5.74) is 0.698. The highest BCUT2D eigenvalue weighted by molar-refractivity contribution is 6.33. The lowest BCUT2D eigenvalue weighted by Gasteiger charge is -2.35. The molecule has 0 spiro atoms. The van der Waals surface area contributed by atoms with Gasteiger partial charge in [-0.2, -0.15) is 0 Å². The van der Waals surface area contributed by atoms with E-state index in [4.69, 9.17) is 11.6 Å². The van der Waals surface area contributed by atoms with E-state index in [2.05, 4.69) is 19.2 Å². The molecular formula is C16H24ClN2O+. The Kier molecular flexibility index (Phi) is 5.06. The molecule has 0 aromatic heterocycles. The van der Waals surface area contributed by atoms with Crippen molar-refractivity contribution in [3.63, 3.8) is 0 Å². The molecule has 1 saturated heterocycles. The third-order valence-corrected chi connectivity index (χ3v) is 4.49. The van der Waals surface area contributed by atoms with E-state index in [0.29, 0.717) is 22.5 Å². The van der Waals surface area contributed by atoms with E-state index in [-0.39, 0.29) is 11.9 Å². The van der Waals surface area contributed by atoms with Crippen molar-refractivity contribution < 1.29 is 9.69 Å². The lowest BCUT2D eigenvalue weighted by molar-refractivity contribution is -0.925. The number of likely N-dealkylation sites (tertiary alicyclic amines) is 1. The van der Waals surface area contributed by atoms with Crippen molar-refractivity contribution in [2.24, 2.45) is 11.8 Å². The molecule has 1 aromatic rings. The molecule has 0 saturated carbocycles. The van der Waals surface area contributed by atoms with Gasteiger partial charge >= 0.3 is 0 Å². The van der Waals surface area contributed by atoms with Crippen molar-refractivity contribution in [2.45, 2.75) is 33.2 Å². The Morgan fingerprint density at radius 2 is 1.90 bits per heavy atom. The van der Waals surface area contributed by atoms with Crippen LogP contribution >= 0.6 is 11.6 Å². The number of nitrogens with one attached hydrogen (secondary N) is 2. The second-order valence-corrected chi connectivity index (χ2v) is 6.61. The molecule has 1 heterocycles. The number of quaternary nitrogens is 1.